The number of nitro groups is 1. The summed E-state index contributed by atoms with van der Waals surface area (Å²) in [5.41, 5.74) is 0.739. The molecule has 0 amide bonds. The quantitative estimate of drug-likeness (QED) is 0.615. The van der Waals surface area contributed by atoms with Gasteiger partial charge in [-0.05, 0) is 19.9 Å². The molecular weight excluding hydrogens is 220 g/mol. The van der Waals surface area contributed by atoms with Gasteiger partial charge >= 0.3 is 0 Å². The lowest BCUT2D eigenvalue weighted by molar-refractivity contribution is -0.385. The van der Waals surface area contributed by atoms with Gasteiger partial charge in [0.2, 0.25) is 0 Å². The van der Waals surface area contributed by atoms with Crippen molar-refractivity contribution < 1.29 is 4.92 Å². The van der Waals surface area contributed by atoms with Crippen molar-refractivity contribution in [2.45, 2.75) is 19.9 Å². The largest absolute Gasteiger partial charge is 0.354 e. The average Bonchev–Trinajstić information content (AvgIpc) is 2.28. The van der Waals surface area contributed by atoms with E-state index >= 15 is 0 Å². The Kier molecular flexibility index (Phi) is 3.23. The minimum absolute atomic E-state index is 0.0805. The molecule has 1 saturated heterocycles. The number of nitrogens with zero attached hydrogens (tertiary/aromatic N) is 3. The Morgan fingerprint density at radius 2 is 2.41 bits per heavy atom. The molecule has 1 fully saturated rings. The topological polar surface area (TPSA) is 71.3 Å². The summed E-state index contributed by atoms with van der Waals surface area (Å²) >= 11 is 0. The van der Waals surface area contributed by atoms with Gasteiger partial charge in [0.05, 0.1) is 4.92 Å². The smallest absolute Gasteiger partial charge is 0.290 e. The van der Waals surface area contributed by atoms with Crippen molar-refractivity contribution in [3.05, 3.63) is 27.9 Å². The normalized spacial score (nSPS) is 20.4. The highest BCUT2D eigenvalue weighted by molar-refractivity contribution is 5.49. The van der Waals surface area contributed by atoms with Crippen molar-refractivity contribution >= 4 is 11.5 Å². The zero-order chi connectivity index (χ0) is 12.4. The van der Waals surface area contributed by atoms with E-state index in [-0.39, 0.29) is 5.69 Å². The lowest BCUT2D eigenvalue weighted by atomic mass is 10.2. The molecule has 1 aromatic rings. The molecule has 1 atom stereocenters. The van der Waals surface area contributed by atoms with Gasteiger partial charge in [-0.3, -0.25) is 10.1 Å². The minimum Gasteiger partial charge on any atom is -0.354 e. The fourth-order valence-electron chi connectivity index (χ4n) is 2.04. The summed E-state index contributed by atoms with van der Waals surface area (Å²) in [4.78, 5) is 16.6. The van der Waals surface area contributed by atoms with E-state index in [4.69, 9.17) is 0 Å². The third kappa shape index (κ3) is 2.52. The van der Waals surface area contributed by atoms with Gasteiger partial charge in [0.15, 0.2) is 0 Å². The Morgan fingerprint density at radius 3 is 3.00 bits per heavy atom. The third-order valence-corrected chi connectivity index (χ3v) is 2.96. The number of piperazine rings is 1. The highest BCUT2D eigenvalue weighted by Gasteiger charge is 2.19. The summed E-state index contributed by atoms with van der Waals surface area (Å²) in [5, 5.41) is 14.1. The van der Waals surface area contributed by atoms with Crippen LogP contribution in [0.15, 0.2) is 12.3 Å². The van der Waals surface area contributed by atoms with Gasteiger partial charge < -0.3 is 10.2 Å². The van der Waals surface area contributed by atoms with E-state index in [1.54, 1.807) is 13.0 Å². The Hall–Kier alpha value is -1.69. The third-order valence-electron chi connectivity index (χ3n) is 2.96. The molecule has 17 heavy (non-hydrogen) atoms. The highest BCUT2D eigenvalue weighted by Crippen LogP contribution is 2.21. The van der Waals surface area contributed by atoms with Crippen molar-refractivity contribution in [1.82, 2.24) is 10.3 Å². The first kappa shape index (κ1) is 11.8. The van der Waals surface area contributed by atoms with Gasteiger partial charge in [-0.2, -0.15) is 0 Å². The van der Waals surface area contributed by atoms with E-state index in [9.17, 15) is 10.1 Å². The monoisotopic (exact) mass is 236 g/mol. The molecule has 6 heteroatoms. The Bertz CT molecular complexity index is 435. The first-order valence-corrected chi connectivity index (χ1v) is 5.67. The molecule has 1 unspecified atom stereocenters. The number of nitrogens with one attached hydrogen (secondary N) is 1. The maximum atomic E-state index is 10.7. The van der Waals surface area contributed by atoms with E-state index in [1.807, 2.05) is 0 Å². The summed E-state index contributed by atoms with van der Waals surface area (Å²) in [6.07, 6.45) is 1.34. The minimum atomic E-state index is -0.396. The predicted molar refractivity (Wildman–Crippen MR) is 65.3 cm³/mol. The summed E-state index contributed by atoms with van der Waals surface area (Å²) in [6, 6.07) is 2.21. The van der Waals surface area contributed by atoms with Crippen LogP contribution in [-0.4, -0.2) is 35.6 Å². The Labute approximate surface area is 99.8 Å². The second-order valence-electron chi connectivity index (χ2n) is 4.39. The number of aryl methyl sites for hydroxylation is 1. The van der Waals surface area contributed by atoms with E-state index < -0.39 is 4.92 Å². The molecule has 0 radical (unpaired) electrons. The van der Waals surface area contributed by atoms with Crippen LogP contribution in [0.1, 0.15) is 12.5 Å². The maximum absolute atomic E-state index is 10.7. The van der Waals surface area contributed by atoms with Gasteiger partial charge in [0.1, 0.15) is 12.0 Å². The lowest BCUT2D eigenvalue weighted by Crippen LogP contribution is -2.49. The van der Waals surface area contributed by atoms with Gasteiger partial charge in [-0.1, -0.05) is 0 Å². The Balaban J connectivity index is 2.22. The molecule has 6 nitrogen and oxygen atoms in total. The van der Waals surface area contributed by atoms with Gasteiger partial charge in [0, 0.05) is 31.2 Å². The van der Waals surface area contributed by atoms with Crippen LogP contribution in [0, 0.1) is 17.0 Å². The fourth-order valence-corrected chi connectivity index (χ4v) is 2.04. The number of aromatic nitrogens is 1. The molecule has 1 aromatic heterocycles. The predicted octanol–water partition coefficient (Wildman–Crippen LogP) is 1.10. The van der Waals surface area contributed by atoms with Gasteiger partial charge in [-0.25, -0.2) is 4.98 Å². The SMILES string of the molecule is Cc1cc(N2CCNC(C)C2)ncc1[N+](=O)[O-]. The standard InChI is InChI=1S/C11H16N4O2/c1-8-5-11(13-6-10(8)15(16)17)14-4-3-12-9(2)7-14/h5-6,9,12H,3-4,7H2,1-2H3. The van der Waals surface area contributed by atoms with Crippen LogP contribution in [0.2, 0.25) is 0 Å². The molecule has 2 heterocycles. The molecule has 0 saturated carbocycles. The number of hydrogen-bond acceptors (Lipinski definition) is 5. The van der Waals surface area contributed by atoms with Gasteiger partial charge in [-0.15, -0.1) is 0 Å². The van der Waals surface area contributed by atoms with Crippen LogP contribution in [-0.2, 0) is 0 Å². The summed E-state index contributed by atoms with van der Waals surface area (Å²) in [6.45, 7) is 6.54. The molecule has 0 aromatic carbocycles. The lowest BCUT2D eigenvalue weighted by Gasteiger charge is -2.32. The molecule has 1 aliphatic rings. The first-order chi connectivity index (χ1) is 8.08. The van der Waals surface area contributed by atoms with Crippen LogP contribution in [0.5, 0.6) is 0 Å². The van der Waals surface area contributed by atoms with E-state index in [1.165, 1.54) is 6.20 Å². The molecule has 0 aliphatic carbocycles. The molecule has 1 N–H and O–H groups in total. The summed E-state index contributed by atoms with van der Waals surface area (Å²) in [5.74, 6) is 0.821. The van der Waals surface area contributed by atoms with Crippen molar-refractivity contribution in [1.29, 1.82) is 0 Å². The summed E-state index contributed by atoms with van der Waals surface area (Å²) in [7, 11) is 0. The van der Waals surface area contributed by atoms with Crippen LogP contribution in [0.25, 0.3) is 0 Å². The van der Waals surface area contributed by atoms with E-state index in [2.05, 4.69) is 22.1 Å². The van der Waals surface area contributed by atoms with Crippen molar-refractivity contribution in [3.63, 3.8) is 0 Å². The van der Waals surface area contributed by atoms with Crippen molar-refractivity contribution in [2.24, 2.45) is 0 Å². The van der Waals surface area contributed by atoms with Crippen LogP contribution in [0.4, 0.5) is 11.5 Å². The molecule has 0 spiro atoms. The molecule has 2 rings (SSSR count). The number of anilines is 1. The molecule has 92 valence electrons. The fraction of sp³-hybridized carbons (Fsp3) is 0.545. The number of rotatable bonds is 2. The van der Waals surface area contributed by atoms with Gasteiger partial charge in [0.25, 0.3) is 5.69 Å². The van der Waals surface area contributed by atoms with Crippen LogP contribution >= 0.6 is 0 Å². The number of pyridine rings is 1. The van der Waals surface area contributed by atoms with Crippen LogP contribution < -0.4 is 10.2 Å². The molecular formula is C11H16N4O2. The average molecular weight is 236 g/mol. The maximum Gasteiger partial charge on any atom is 0.290 e. The van der Waals surface area contributed by atoms with Crippen LogP contribution in [0.3, 0.4) is 0 Å². The zero-order valence-electron chi connectivity index (χ0n) is 10.0. The Morgan fingerprint density at radius 1 is 1.65 bits per heavy atom. The van der Waals surface area contributed by atoms with Crippen molar-refractivity contribution in [3.8, 4) is 0 Å². The van der Waals surface area contributed by atoms with E-state index in [0.29, 0.717) is 11.6 Å². The van der Waals surface area contributed by atoms with Crippen molar-refractivity contribution in [2.75, 3.05) is 24.5 Å². The summed E-state index contributed by atoms with van der Waals surface area (Å²) < 4.78 is 0. The molecule has 1 aliphatic heterocycles. The zero-order valence-corrected chi connectivity index (χ0v) is 10.0. The van der Waals surface area contributed by atoms with E-state index in [0.717, 1.165) is 25.5 Å². The highest BCUT2D eigenvalue weighted by atomic mass is 16.6. The second-order valence-corrected chi connectivity index (χ2v) is 4.39. The molecule has 0 bridgehead atoms. The second kappa shape index (κ2) is 4.67. The number of hydrogen-bond donors (Lipinski definition) is 1. The first-order valence-electron chi connectivity index (χ1n) is 5.67.